The minimum atomic E-state index is -2.24. The highest BCUT2D eigenvalue weighted by atomic mass is 16.7. The summed E-state index contributed by atoms with van der Waals surface area (Å²) in [6, 6.07) is 15.3. The molecule has 1 aliphatic heterocycles. The normalized spacial score (nSPS) is 29.9. The molecular formula is C39H42N2O10. The van der Waals surface area contributed by atoms with Gasteiger partial charge in [-0.05, 0) is 77.6 Å². The van der Waals surface area contributed by atoms with Gasteiger partial charge in [-0.1, -0.05) is 55.3 Å². The van der Waals surface area contributed by atoms with Crippen LogP contribution in [0.3, 0.4) is 0 Å². The van der Waals surface area contributed by atoms with Gasteiger partial charge in [0, 0.05) is 11.8 Å². The van der Waals surface area contributed by atoms with Gasteiger partial charge in [0.1, 0.15) is 41.2 Å². The number of pyridine rings is 1. The fourth-order valence-corrected chi connectivity index (χ4v) is 8.53. The summed E-state index contributed by atoms with van der Waals surface area (Å²) in [4.78, 5) is 32.2. The van der Waals surface area contributed by atoms with E-state index < -0.39 is 65.6 Å². The maximum Gasteiger partial charge on any atom is 0.229 e. The predicted molar refractivity (Wildman–Crippen MR) is 184 cm³/mol. The third-order valence-corrected chi connectivity index (χ3v) is 11.1. The van der Waals surface area contributed by atoms with Gasteiger partial charge in [-0.3, -0.25) is 9.59 Å². The molecule has 7 rings (SSSR count). The zero-order chi connectivity index (χ0) is 36.1. The summed E-state index contributed by atoms with van der Waals surface area (Å²) in [6.07, 6.45) is 1.35. The van der Waals surface area contributed by atoms with Crippen LogP contribution in [0.1, 0.15) is 69.5 Å². The van der Waals surface area contributed by atoms with Crippen molar-refractivity contribution in [3.05, 3.63) is 112 Å². The van der Waals surface area contributed by atoms with Crippen molar-refractivity contribution in [3.63, 3.8) is 0 Å². The molecule has 1 saturated heterocycles. The average Bonchev–Trinajstić information content (AvgIpc) is 3.60. The number of rotatable bonds is 9. The topological polar surface area (TPSA) is 213 Å². The van der Waals surface area contributed by atoms with Crippen molar-refractivity contribution in [2.45, 2.75) is 80.7 Å². The second-order valence-corrected chi connectivity index (χ2v) is 14.2. The first-order chi connectivity index (χ1) is 24.5. The number of benzene rings is 2. The fraction of sp³-hybridized carbons (Fsp3) is 0.410. The van der Waals surface area contributed by atoms with Crippen molar-refractivity contribution < 1.29 is 49.7 Å². The molecule has 0 bridgehead atoms. The highest BCUT2D eigenvalue weighted by molar-refractivity contribution is 6.19. The molecule has 0 amide bonds. The van der Waals surface area contributed by atoms with Gasteiger partial charge in [-0.2, -0.15) is 0 Å². The number of ketones is 2. The summed E-state index contributed by atoms with van der Waals surface area (Å²) in [5.74, 6) is -3.27. The first-order valence-corrected chi connectivity index (χ1v) is 17.2. The molecule has 7 unspecified atom stereocenters. The minimum absolute atomic E-state index is 0.0609. The Labute approximate surface area is 294 Å². The van der Waals surface area contributed by atoms with Crippen molar-refractivity contribution in [2.24, 2.45) is 11.8 Å². The number of fused-ring (bicyclic) bond motifs is 2. The highest BCUT2D eigenvalue weighted by Gasteiger charge is 2.59. The third-order valence-electron chi connectivity index (χ3n) is 11.1. The SMILES string of the molecule is Nc1cc(C2(CC3(O)C(O)C(CO)OC(Oc4cccc5c4C(=O)C4C(O)=CC(Cc6cccc(CO)c6)=CC4C5=O)C3O)CCCC2)ccn1. The predicted octanol–water partition coefficient (Wildman–Crippen LogP) is 2.84. The molecule has 8 N–H and O–H groups in total. The Bertz CT molecular complexity index is 1900. The van der Waals surface area contributed by atoms with E-state index in [1.807, 2.05) is 18.2 Å². The van der Waals surface area contributed by atoms with Crippen LogP contribution < -0.4 is 10.5 Å². The number of carbonyl (C=O) groups excluding carboxylic acids is 2. The largest absolute Gasteiger partial charge is 0.511 e. The summed E-state index contributed by atoms with van der Waals surface area (Å²) < 4.78 is 11.9. The molecule has 51 heavy (non-hydrogen) atoms. The zero-order valence-corrected chi connectivity index (χ0v) is 27.9. The molecule has 12 nitrogen and oxygen atoms in total. The van der Waals surface area contributed by atoms with Crippen LogP contribution in [0.2, 0.25) is 0 Å². The van der Waals surface area contributed by atoms with E-state index in [9.17, 15) is 40.2 Å². The molecule has 2 heterocycles. The number of nitrogens with zero attached hydrogens (tertiary/aromatic N) is 1. The van der Waals surface area contributed by atoms with Crippen molar-refractivity contribution in [2.75, 3.05) is 12.3 Å². The van der Waals surface area contributed by atoms with Crippen LogP contribution in [0.25, 0.3) is 0 Å². The van der Waals surface area contributed by atoms with E-state index in [1.165, 1.54) is 24.3 Å². The third kappa shape index (κ3) is 6.15. The summed E-state index contributed by atoms with van der Waals surface area (Å²) in [5, 5.41) is 66.2. The van der Waals surface area contributed by atoms with Gasteiger partial charge >= 0.3 is 0 Å². The minimum Gasteiger partial charge on any atom is -0.511 e. The van der Waals surface area contributed by atoms with Crippen molar-refractivity contribution in [1.82, 2.24) is 4.98 Å². The molecule has 0 radical (unpaired) electrons. The van der Waals surface area contributed by atoms with Crippen LogP contribution in [0.5, 0.6) is 5.75 Å². The second-order valence-electron chi connectivity index (χ2n) is 14.2. The van der Waals surface area contributed by atoms with Crippen molar-refractivity contribution in [1.29, 1.82) is 0 Å². The molecule has 3 aliphatic carbocycles. The molecule has 3 aromatic rings. The lowest BCUT2D eigenvalue weighted by atomic mass is 9.66. The Kier molecular flexibility index (Phi) is 9.34. The summed E-state index contributed by atoms with van der Waals surface area (Å²) in [5.41, 5.74) is 6.07. The van der Waals surface area contributed by atoms with Crippen LogP contribution >= 0.6 is 0 Å². The van der Waals surface area contributed by atoms with E-state index in [1.54, 1.807) is 30.5 Å². The summed E-state index contributed by atoms with van der Waals surface area (Å²) in [6.45, 7) is -0.838. The van der Waals surface area contributed by atoms with Gasteiger partial charge in [-0.25, -0.2) is 4.98 Å². The van der Waals surface area contributed by atoms with E-state index >= 15 is 0 Å². The standard InChI is InChI=1S/C39H42N2O10/c40-30-17-24(9-12-41-30)38(10-1-2-11-38)20-39(49)35(47)29(19-43)51-37(36(39)48)50-28-8-4-7-25-32(28)34(46)31-26(33(25)45)15-23(16-27(31)44)14-21-5-3-6-22(13-21)18-42/h3-9,12-13,15-17,26,29,31,35-37,42-44,47-49H,1-2,10-11,14,18-20H2,(H2,40,41). The zero-order valence-electron chi connectivity index (χ0n) is 27.9. The van der Waals surface area contributed by atoms with Crippen LogP contribution in [-0.2, 0) is 23.2 Å². The quantitative estimate of drug-likeness (QED) is 0.172. The van der Waals surface area contributed by atoms with Crippen LogP contribution in [0.4, 0.5) is 5.82 Å². The van der Waals surface area contributed by atoms with Crippen LogP contribution in [0.15, 0.2) is 84.3 Å². The van der Waals surface area contributed by atoms with Gasteiger partial charge in [0.15, 0.2) is 11.6 Å². The lowest BCUT2D eigenvalue weighted by Crippen LogP contribution is -2.69. The molecule has 4 aliphatic rings. The Morgan fingerprint density at radius 2 is 1.71 bits per heavy atom. The lowest BCUT2D eigenvalue weighted by Gasteiger charge is -2.50. The smallest absolute Gasteiger partial charge is 0.229 e. The van der Waals surface area contributed by atoms with Crippen LogP contribution in [-0.4, -0.2) is 84.0 Å². The Morgan fingerprint density at radius 1 is 0.961 bits per heavy atom. The number of nitrogen functional groups attached to an aromatic ring is 1. The maximum absolute atomic E-state index is 14.1. The number of ether oxygens (including phenoxy) is 2. The molecule has 268 valence electrons. The van der Waals surface area contributed by atoms with E-state index in [0.29, 0.717) is 30.7 Å². The van der Waals surface area contributed by atoms with Gasteiger partial charge in [0.05, 0.1) is 30.6 Å². The monoisotopic (exact) mass is 698 g/mol. The molecule has 2 aromatic carbocycles. The number of anilines is 1. The van der Waals surface area contributed by atoms with E-state index in [4.69, 9.17) is 15.2 Å². The summed E-state index contributed by atoms with van der Waals surface area (Å²) in [7, 11) is 0. The number of aromatic nitrogens is 1. The number of nitrogens with two attached hydrogens (primary N) is 1. The maximum atomic E-state index is 14.1. The second kappa shape index (κ2) is 13.6. The fourth-order valence-electron chi connectivity index (χ4n) is 8.53. The van der Waals surface area contributed by atoms with Gasteiger partial charge in [0.25, 0.3) is 0 Å². The average molecular weight is 699 g/mol. The number of hydrogen-bond acceptors (Lipinski definition) is 12. The van der Waals surface area contributed by atoms with E-state index in [0.717, 1.165) is 29.5 Å². The summed E-state index contributed by atoms with van der Waals surface area (Å²) >= 11 is 0. The first kappa shape index (κ1) is 35.0. The van der Waals surface area contributed by atoms with Gasteiger partial charge in [-0.15, -0.1) is 0 Å². The molecular weight excluding hydrogens is 656 g/mol. The number of carbonyl (C=O) groups is 2. The van der Waals surface area contributed by atoms with Gasteiger partial charge in [0.2, 0.25) is 6.29 Å². The lowest BCUT2D eigenvalue weighted by molar-refractivity contribution is -0.318. The molecule has 0 spiro atoms. The number of hydrogen-bond donors (Lipinski definition) is 7. The van der Waals surface area contributed by atoms with Crippen LogP contribution in [0, 0.1) is 11.8 Å². The first-order valence-electron chi connectivity index (χ1n) is 17.2. The van der Waals surface area contributed by atoms with Gasteiger partial charge < -0.3 is 45.8 Å². The highest BCUT2D eigenvalue weighted by Crippen LogP contribution is 2.50. The number of aliphatic hydroxyl groups is 6. The molecule has 2 fully saturated rings. The molecule has 1 aromatic heterocycles. The Morgan fingerprint density at radius 3 is 2.43 bits per heavy atom. The van der Waals surface area contributed by atoms with Crippen molar-refractivity contribution >= 4 is 17.4 Å². The van der Waals surface area contributed by atoms with E-state index in [2.05, 4.69) is 4.98 Å². The number of Topliss-reactive ketones (excluding diaryl/α,β-unsaturated/α-hetero) is 2. The van der Waals surface area contributed by atoms with E-state index in [-0.39, 0.29) is 35.7 Å². The Hall–Kier alpha value is -4.43. The number of aliphatic hydroxyl groups excluding tert-OH is 5. The number of allylic oxidation sites excluding steroid dienone is 4. The molecule has 12 heteroatoms. The Balaban J connectivity index is 1.19. The molecule has 7 atom stereocenters. The molecule has 1 saturated carbocycles. The van der Waals surface area contributed by atoms with Crippen molar-refractivity contribution in [3.8, 4) is 5.75 Å².